The quantitative estimate of drug-likeness (QED) is 0.837. The zero-order valence-corrected chi connectivity index (χ0v) is 13.4. The van der Waals surface area contributed by atoms with Gasteiger partial charge in [0.25, 0.3) is 0 Å². The van der Waals surface area contributed by atoms with E-state index in [0.29, 0.717) is 19.6 Å². The van der Waals surface area contributed by atoms with Gasteiger partial charge in [-0.2, -0.15) is 0 Å². The first-order valence-electron chi connectivity index (χ1n) is 8.10. The van der Waals surface area contributed by atoms with Crippen LogP contribution < -0.4 is 0 Å². The van der Waals surface area contributed by atoms with Crippen LogP contribution in [-0.2, 0) is 11.2 Å². The van der Waals surface area contributed by atoms with E-state index >= 15 is 0 Å². The van der Waals surface area contributed by atoms with Gasteiger partial charge in [0.2, 0.25) is 0 Å². The Bertz CT molecular complexity index is 749. The van der Waals surface area contributed by atoms with Crippen molar-refractivity contribution in [2.24, 2.45) is 0 Å². The largest absolute Gasteiger partial charge is 0.481 e. The third-order valence-electron chi connectivity index (χ3n) is 4.16. The molecule has 7 heteroatoms. The molecule has 7 nitrogen and oxygen atoms in total. The Labute approximate surface area is 139 Å². The Balaban J connectivity index is 1.49. The van der Waals surface area contributed by atoms with E-state index < -0.39 is 5.97 Å². The molecule has 0 atom stereocenters. The van der Waals surface area contributed by atoms with Crippen molar-refractivity contribution in [1.29, 1.82) is 0 Å². The minimum atomic E-state index is -0.878. The summed E-state index contributed by atoms with van der Waals surface area (Å²) in [6.07, 6.45) is 3.33. The van der Waals surface area contributed by atoms with Crippen LogP contribution in [0.5, 0.6) is 0 Å². The van der Waals surface area contributed by atoms with Crippen molar-refractivity contribution in [1.82, 2.24) is 19.8 Å². The second-order valence-electron chi connectivity index (χ2n) is 5.86. The molecule has 0 bridgehead atoms. The lowest BCUT2D eigenvalue weighted by Gasteiger charge is -2.17. The normalized spacial score (nSPS) is 14.6. The van der Waals surface area contributed by atoms with Crippen molar-refractivity contribution >= 4 is 23.0 Å². The number of aromatic nitrogens is 2. The molecule has 1 saturated heterocycles. The maximum Gasteiger partial charge on any atom is 0.320 e. The highest BCUT2D eigenvalue weighted by molar-refractivity contribution is 5.77. The standard InChI is InChI=1S/C17H20N4O3/c22-15(23)7-10-21-12-11-20(17(21)24)9-2-4-14-6-5-13-3-1-8-18-16(13)19-14/h1,3,5-6,8H,2,4,7,9-12H2,(H,22,23). The van der Waals surface area contributed by atoms with Crippen molar-refractivity contribution in [2.45, 2.75) is 19.3 Å². The lowest BCUT2D eigenvalue weighted by atomic mass is 10.2. The summed E-state index contributed by atoms with van der Waals surface area (Å²) < 4.78 is 0. The molecule has 0 spiro atoms. The number of carboxylic acid groups (broad SMARTS) is 1. The Kier molecular flexibility index (Phi) is 4.88. The molecule has 24 heavy (non-hydrogen) atoms. The maximum atomic E-state index is 12.2. The van der Waals surface area contributed by atoms with Crippen LogP contribution in [0.15, 0.2) is 30.5 Å². The third-order valence-corrected chi connectivity index (χ3v) is 4.16. The van der Waals surface area contributed by atoms with Crippen LogP contribution >= 0.6 is 0 Å². The average Bonchev–Trinajstić information content (AvgIpc) is 2.93. The molecule has 0 aliphatic carbocycles. The van der Waals surface area contributed by atoms with Gasteiger partial charge in [0, 0.05) is 43.5 Å². The number of carboxylic acids is 1. The van der Waals surface area contributed by atoms with Gasteiger partial charge in [0.1, 0.15) is 0 Å². The summed E-state index contributed by atoms with van der Waals surface area (Å²) in [7, 11) is 0. The fourth-order valence-corrected chi connectivity index (χ4v) is 2.86. The lowest BCUT2D eigenvalue weighted by molar-refractivity contribution is -0.137. The monoisotopic (exact) mass is 328 g/mol. The van der Waals surface area contributed by atoms with Crippen LogP contribution in [0.4, 0.5) is 4.79 Å². The molecule has 0 unspecified atom stereocenters. The number of carbonyl (C=O) groups is 2. The van der Waals surface area contributed by atoms with E-state index in [4.69, 9.17) is 5.11 Å². The van der Waals surface area contributed by atoms with Crippen LogP contribution in [-0.4, -0.2) is 63.1 Å². The minimum Gasteiger partial charge on any atom is -0.481 e. The molecule has 1 N–H and O–H groups in total. The van der Waals surface area contributed by atoms with Gasteiger partial charge in [-0.15, -0.1) is 0 Å². The summed E-state index contributed by atoms with van der Waals surface area (Å²) in [6.45, 7) is 2.20. The Morgan fingerprint density at radius 3 is 2.75 bits per heavy atom. The molecule has 1 fully saturated rings. The van der Waals surface area contributed by atoms with Crippen LogP contribution in [0.1, 0.15) is 18.5 Å². The number of carbonyl (C=O) groups excluding carboxylic acids is 1. The molecule has 1 aliphatic rings. The van der Waals surface area contributed by atoms with Gasteiger partial charge < -0.3 is 14.9 Å². The van der Waals surface area contributed by atoms with Gasteiger partial charge in [-0.1, -0.05) is 0 Å². The van der Waals surface area contributed by atoms with Crippen molar-refractivity contribution in [3.8, 4) is 0 Å². The number of aryl methyl sites for hydroxylation is 1. The Hall–Kier alpha value is -2.70. The summed E-state index contributed by atoms with van der Waals surface area (Å²) >= 11 is 0. The third kappa shape index (κ3) is 3.79. The average molecular weight is 328 g/mol. The molecular formula is C17H20N4O3. The van der Waals surface area contributed by atoms with E-state index in [0.717, 1.165) is 29.6 Å². The van der Waals surface area contributed by atoms with Crippen LogP contribution in [0.25, 0.3) is 11.0 Å². The molecule has 2 amide bonds. The van der Waals surface area contributed by atoms with Gasteiger partial charge in [-0.25, -0.2) is 14.8 Å². The Morgan fingerprint density at radius 1 is 1.17 bits per heavy atom. The SMILES string of the molecule is O=C(O)CCN1CCN(CCCc2ccc3cccnc3n2)C1=O. The summed E-state index contributed by atoms with van der Waals surface area (Å²) in [4.78, 5) is 34.9. The number of urea groups is 1. The maximum absolute atomic E-state index is 12.2. The summed E-state index contributed by atoms with van der Waals surface area (Å²) in [5, 5.41) is 9.72. The molecule has 0 radical (unpaired) electrons. The van der Waals surface area contributed by atoms with E-state index in [1.807, 2.05) is 24.3 Å². The van der Waals surface area contributed by atoms with E-state index in [2.05, 4.69) is 9.97 Å². The van der Waals surface area contributed by atoms with Gasteiger partial charge in [0.05, 0.1) is 6.42 Å². The second-order valence-corrected chi connectivity index (χ2v) is 5.86. The van der Waals surface area contributed by atoms with E-state index in [1.54, 1.807) is 16.0 Å². The summed E-state index contributed by atoms with van der Waals surface area (Å²) in [6, 6.07) is 7.81. The van der Waals surface area contributed by atoms with Crippen LogP contribution in [0.3, 0.4) is 0 Å². The first-order valence-corrected chi connectivity index (χ1v) is 8.10. The number of fused-ring (bicyclic) bond motifs is 1. The topological polar surface area (TPSA) is 86.6 Å². The van der Waals surface area contributed by atoms with Gasteiger partial charge in [-0.3, -0.25) is 4.79 Å². The number of rotatable bonds is 7. The first-order chi connectivity index (χ1) is 11.6. The van der Waals surface area contributed by atoms with Crippen LogP contribution in [0.2, 0.25) is 0 Å². The van der Waals surface area contributed by atoms with Gasteiger partial charge in [-0.05, 0) is 37.1 Å². The summed E-state index contributed by atoms with van der Waals surface area (Å²) in [5.41, 5.74) is 1.71. The molecule has 0 saturated carbocycles. The molecule has 2 aromatic rings. The molecule has 1 aliphatic heterocycles. The van der Waals surface area contributed by atoms with Crippen molar-refractivity contribution < 1.29 is 14.7 Å². The van der Waals surface area contributed by atoms with E-state index in [1.165, 1.54) is 0 Å². The number of aliphatic carboxylic acids is 1. The van der Waals surface area contributed by atoms with Gasteiger partial charge in [0.15, 0.2) is 5.65 Å². The van der Waals surface area contributed by atoms with Crippen molar-refractivity contribution in [3.05, 3.63) is 36.2 Å². The van der Waals surface area contributed by atoms with Crippen molar-refractivity contribution in [2.75, 3.05) is 26.2 Å². The Morgan fingerprint density at radius 2 is 1.96 bits per heavy atom. The zero-order valence-electron chi connectivity index (χ0n) is 13.4. The van der Waals surface area contributed by atoms with Crippen LogP contribution in [0, 0.1) is 0 Å². The lowest BCUT2D eigenvalue weighted by Crippen LogP contribution is -2.33. The highest BCUT2D eigenvalue weighted by atomic mass is 16.4. The smallest absolute Gasteiger partial charge is 0.320 e. The molecule has 2 aromatic heterocycles. The van der Waals surface area contributed by atoms with E-state index in [9.17, 15) is 9.59 Å². The molecule has 3 rings (SSSR count). The molecule has 0 aromatic carbocycles. The number of amides is 2. The summed E-state index contributed by atoms with van der Waals surface area (Å²) in [5.74, 6) is -0.878. The highest BCUT2D eigenvalue weighted by Crippen LogP contribution is 2.13. The predicted molar refractivity (Wildman–Crippen MR) is 88.7 cm³/mol. The second kappa shape index (κ2) is 7.25. The van der Waals surface area contributed by atoms with Gasteiger partial charge >= 0.3 is 12.0 Å². The number of hydrogen-bond acceptors (Lipinski definition) is 4. The fourth-order valence-electron chi connectivity index (χ4n) is 2.86. The number of nitrogens with zero attached hydrogens (tertiary/aromatic N) is 4. The minimum absolute atomic E-state index is 0.00636. The zero-order chi connectivity index (χ0) is 16.9. The first kappa shape index (κ1) is 16.2. The predicted octanol–water partition coefficient (Wildman–Crippen LogP) is 1.77. The molecular weight excluding hydrogens is 308 g/mol. The highest BCUT2D eigenvalue weighted by Gasteiger charge is 2.27. The number of pyridine rings is 2. The fraction of sp³-hybridized carbons (Fsp3) is 0.412. The number of hydrogen-bond donors (Lipinski definition) is 1. The molecule has 3 heterocycles. The molecule has 126 valence electrons. The van der Waals surface area contributed by atoms with E-state index in [-0.39, 0.29) is 19.0 Å². The van der Waals surface area contributed by atoms with Crippen molar-refractivity contribution in [3.63, 3.8) is 0 Å².